The lowest BCUT2D eigenvalue weighted by Crippen LogP contribution is -2.39. The quantitative estimate of drug-likeness (QED) is 0.363. The number of nitrogens with zero attached hydrogens (tertiary/aromatic N) is 2. The minimum absolute atomic E-state index is 0.0291. The molecule has 0 spiro atoms. The first-order valence-electron chi connectivity index (χ1n) is 9.65. The molecule has 0 aliphatic heterocycles. The van der Waals surface area contributed by atoms with Gasteiger partial charge in [-0.3, -0.25) is 9.10 Å². The van der Waals surface area contributed by atoms with E-state index in [1.165, 1.54) is 18.2 Å². The average Bonchev–Trinajstić information content (AvgIpc) is 2.77. The molecule has 166 valence electrons. The highest BCUT2D eigenvalue weighted by molar-refractivity contribution is 9.10. The van der Waals surface area contributed by atoms with E-state index in [2.05, 4.69) is 26.5 Å². The smallest absolute Gasteiger partial charge is 0.264 e. The second kappa shape index (κ2) is 9.97. The van der Waals surface area contributed by atoms with Crippen LogP contribution in [0.25, 0.3) is 0 Å². The van der Waals surface area contributed by atoms with Crippen molar-refractivity contribution in [3.63, 3.8) is 0 Å². The number of nitrogens with one attached hydrogen (secondary N) is 1. The summed E-state index contributed by atoms with van der Waals surface area (Å²) in [6, 6.07) is 19.6. The number of carbonyl (C=O) groups is 1. The molecule has 3 aromatic rings. The normalized spacial score (nSPS) is 11.8. The van der Waals surface area contributed by atoms with Crippen LogP contribution in [0.15, 0.2) is 87.3 Å². The minimum Gasteiger partial charge on any atom is -0.507 e. The zero-order valence-electron chi connectivity index (χ0n) is 17.5. The number of para-hydroxylation sites is 1. The minimum atomic E-state index is -4.01. The molecule has 7 nitrogen and oxygen atoms in total. The fourth-order valence-electron chi connectivity index (χ4n) is 2.91. The molecule has 0 fully saturated rings. The third-order valence-electron chi connectivity index (χ3n) is 4.65. The molecule has 0 bridgehead atoms. The molecule has 0 aliphatic rings. The summed E-state index contributed by atoms with van der Waals surface area (Å²) in [4.78, 5) is 12.7. The van der Waals surface area contributed by atoms with Gasteiger partial charge in [0.25, 0.3) is 15.9 Å². The number of phenols is 1. The van der Waals surface area contributed by atoms with E-state index in [1.807, 2.05) is 6.92 Å². The van der Waals surface area contributed by atoms with Gasteiger partial charge in [0.2, 0.25) is 0 Å². The van der Waals surface area contributed by atoms with Crippen LogP contribution in [0.1, 0.15) is 18.1 Å². The number of benzene rings is 3. The predicted octanol–water partition coefficient (Wildman–Crippen LogP) is 4.20. The maximum Gasteiger partial charge on any atom is 0.264 e. The number of hydrogen-bond donors (Lipinski definition) is 2. The molecule has 32 heavy (non-hydrogen) atoms. The zero-order valence-corrected chi connectivity index (χ0v) is 19.9. The molecule has 0 unspecified atom stereocenters. The monoisotopic (exact) mass is 515 g/mol. The van der Waals surface area contributed by atoms with Crippen LogP contribution in [-0.4, -0.2) is 31.7 Å². The fourth-order valence-corrected chi connectivity index (χ4v) is 4.60. The van der Waals surface area contributed by atoms with Crippen molar-refractivity contribution in [1.29, 1.82) is 0 Å². The van der Waals surface area contributed by atoms with Crippen molar-refractivity contribution < 1.29 is 18.3 Å². The van der Waals surface area contributed by atoms with Crippen molar-refractivity contribution in [3.05, 3.63) is 88.4 Å². The second-order valence-electron chi connectivity index (χ2n) is 7.05. The number of aryl methyl sites for hydroxylation is 1. The SMILES string of the molecule is C/C(=N/NC(=O)CN(c1ccc(Br)cc1)S(=O)(=O)c1ccc(C)cc1)c1ccccc1O. The van der Waals surface area contributed by atoms with Gasteiger partial charge in [-0.05, 0) is 62.4 Å². The first kappa shape index (κ1) is 23.5. The van der Waals surface area contributed by atoms with Crippen molar-refractivity contribution >= 4 is 43.3 Å². The highest BCUT2D eigenvalue weighted by atomic mass is 79.9. The Morgan fingerprint density at radius 1 is 1.03 bits per heavy atom. The van der Waals surface area contributed by atoms with Crippen molar-refractivity contribution in [2.24, 2.45) is 5.10 Å². The number of sulfonamides is 1. The van der Waals surface area contributed by atoms with Crippen molar-refractivity contribution in [2.45, 2.75) is 18.7 Å². The van der Waals surface area contributed by atoms with E-state index in [4.69, 9.17) is 0 Å². The maximum atomic E-state index is 13.3. The number of carbonyl (C=O) groups excluding carboxylic acids is 1. The van der Waals surface area contributed by atoms with Crippen LogP contribution in [-0.2, 0) is 14.8 Å². The Bertz CT molecular complexity index is 1240. The predicted molar refractivity (Wildman–Crippen MR) is 128 cm³/mol. The van der Waals surface area contributed by atoms with Gasteiger partial charge >= 0.3 is 0 Å². The average molecular weight is 516 g/mol. The van der Waals surface area contributed by atoms with E-state index in [0.717, 1.165) is 14.3 Å². The third-order valence-corrected chi connectivity index (χ3v) is 6.97. The van der Waals surface area contributed by atoms with E-state index in [0.29, 0.717) is 17.0 Å². The zero-order chi connectivity index (χ0) is 23.3. The fraction of sp³-hybridized carbons (Fsp3) is 0.130. The van der Waals surface area contributed by atoms with Gasteiger partial charge in [-0.2, -0.15) is 5.10 Å². The Morgan fingerprint density at radius 2 is 1.66 bits per heavy atom. The van der Waals surface area contributed by atoms with Gasteiger partial charge < -0.3 is 5.11 Å². The Kier molecular flexibility index (Phi) is 7.32. The number of hydrogen-bond acceptors (Lipinski definition) is 5. The molecule has 0 radical (unpaired) electrons. The van der Waals surface area contributed by atoms with E-state index in [1.54, 1.807) is 61.5 Å². The largest absolute Gasteiger partial charge is 0.507 e. The van der Waals surface area contributed by atoms with Crippen molar-refractivity contribution in [1.82, 2.24) is 5.43 Å². The number of amides is 1. The van der Waals surface area contributed by atoms with Gasteiger partial charge in [0.1, 0.15) is 12.3 Å². The summed E-state index contributed by atoms with van der Waals surface area (Å²) in [7, 11) is -4.01. The standard InChI is InChI=1S/C23H22BrN3O4S/c1-16-7-13-20(14-8-16)32(30,31)27(19-11-9-18(24)10-12-19)15-23(29)26-25-17(2)21-5-3-4-6-22(21)28/h3-14,28H,15H2,1-2H3,(H,26,29)/b25-17-. The van der Waals surface area contributed by atoms with E-state index in [-0.39, 0.29) is 10.6 Å². The molecular weight excluding hydrogens is 494 g/mol. The molecule has 0 aromatic heterocycles. The van der Waals surface area contributed by atoms with Crippen LogP contribution in [0.5, 0.6) is 5.75 Å². The summed E-state index contributed by atoms with van der Waals surface area (Å²) in [6.45, 7) is 3.02. The summed E-state index contributed by atoms with van der Waals surface area (Å²) in [5.74, 6) is -0.597. The molecular formula is C23H22BrN3O4S. The van der Waals surface area contributed by atoms with E-state index >= 15 is 0 Å². The van der Waals surface area contributed by atoms with Crippen molar-refractivity contribution in [2.75, 3.05) is 10.8 Å². The van der Waals surface area contributed by atoms with Crippen molar-refractivity contribution in [3.8, 4) is 5.75 Å². The molecule has 3 rings (SSSR count). The number of phenolic OH excluding ortho intramolecular Hbond substituents is 1. The van der Waals surface area contributed by atoms with Gasteiger partial charge in [0, 0.05) is 10.0 Å². The van der Waals surface area contributed by atoms with E-state index < -0.39 is 22.5 Å². The Labute approximate surface area is 195 Å². The lowest BCUT2D eigenvalue weighted by Gasteiger charge is -2.24. The first-order chi connectivity index (χ1) is 15.2. The van der Waals surface area contributed by atoms with Gasteiger partial charge in [-0.25, -0.2) is 13.8 Å². The molecule has 0 aliphatic carbocycles. The number of halogens is 1. The van der Waals surface area contributed by atoms with Crippen LogP contribution >= 0.6 is 15.9 Å². The van der Waals surface area contributed by atoms with Crippen LogP contribution in [0.3, 0.4) is 0 Å². The molecule has 0 heterocycles. The Morgan fingerprint density at radius 3 is 2.28 bits per heavy atom. The van der Waals surface area contributed by atoms with Gasteiger partial charge in [0.15, 0.2) is 0 Å². The van der Waals surface area contributed by atoms with Crippen LogP contribution < -0.4 is 9.73 Å². The summed E-state index contributed by atoms with van der Waals surface area (Å²) in [6.07, 6.45) is 0. The summed E-state index contributed by atoms with van der Waals surface area (Å²) in [5, 5.41) is 13.9. The summed E-state index contributed by atoms with van der Waals surface area (Å²) < 4.78 is 28.5. The highest BCUT2D eigenvalue weighted by Crippen LogP contribution is 2.25. The first-order valence-corrected chi connectivity index (χ1v) is 11.9. The summed E-state index contributed by atoms with van der Waals surface area (Å²) in [5.41, 5.74) is 4.48. The Balaban J connectivity index is 1.88. The van der Waals surface area contributed by atoms with Gasteiger partial charge in [-0.1, -0.05) is 45.8 Å². The number of rotatable bonds is 7. The lowest BCUT2D eigenvalue weighted by atomic mass is 10.1. The molecule has 0 saturated heterocycles. The molecule has 0 atom stereocenters. The third kappa shape index (κ3) is 5.54. The number of aromatic hydroxyl groups is 1. The lowest BCUT2D eigenvalue weighted by molar-refractivity contribution is -0.119. The molecule has 1 amide bonds. The molecule has 2 N–H and O–H groups in total. The molecule has 3 aromatic carbocycles. The Hall–Kier alpha value is -3.17. The molecule has 9 heteroatoms. The number of hydrazone groups is 1. The van der Waals surface area contributed by atoms with Crippen LogP contribution in [0, 0.1) is 6.92 Å². The number of anilines is 1. The maximum absolute atomic E-state index is 13.3. The van der Waals surface area contributed by atoms with Gasteiger partial charge in [0.05, 0.1) is 16.3 Å². The second-order valence-corrected chi connectivity index (χ2v) is 9.83. The topological polar surface area (TPSA) is 99.1 Å². The molecule has 0 saturated carbocycles. The van der Waals surface area contributed by atoms with Crippen LogP contribution in [0.4, 0.5) is 5.69 Å². The highest BCUT2D eigenvalue weighted by Gasteiger charge is 2.27. The van der Waals surface area contributed by atoms with Crippen LogP contribution in [0.2, 0.25) is 0 Å². The summed E-state index contributed by atoms with van der Waals surface area (Å²) >= 11 is 3.33. The van der Waals surface area contributed by atoms with Gasteiger partial charge in [-0.15, -0.1) is 0 Å². The van der Waals surface area contributed by atoms with E-state index in [9.17, 15) is 18.3 Å².